The van der Waals surface area contributed by atoms with Gasteiger partial charge in [0, 0.05) is 16.8 Å². The monoisotopic (exact) mass is 446 g/mol. The first-order valence-corrected chi connectivity index (χ1v) is 10.6. The summed E-state index contributed by atoms with van der Waals surface area (Å²) in [5, 5.41) is 11.6. The molecule has 1 aromatic heterocycles. The molecular formula is C26H23ClN2O3. The Balaban J connectivity index is 1.91. The summed E-state index contributed by atoms with van der Waals surface area (Å²) in [5.41, 5.74) is 2.20. The number of Topliss-reactive ketones (excluding diaryl/α,β-unsaturated/α-hetero) is 1. The van der Waals surface area contributed by atoms with Crippen LogP contribution in [0, 0.1) is 0 Å². The van der Waals surface area contributed by atoms with Crippen LogP contribution in [0.15, 0.2) is 78.5 Å². The number of hydrogen-bond donors (Lipinski definition) is 1. The molecular weight excluding hydrogens is 424 g/mol. The lowest BCUT2D eigenvalue weighted by molar-refractivity contribution is -0.132. The maximum Gasteiger partial charge on any atom is 0.301 e. The molecule has 0 radical (unpaired) electrons. The normalized spacial score (nSPS) is 18.2. The highest BCUT2D eigenvalue weighted by molar-refractivity contribution is 6.51. The summed E-state index contributed by atoms with van der Waals surface area (Å²) in [6.45, 7) is 6.34. The van der Waals surface area contributed by atoms with E-state index in [1.165, 1.54) is 4.90 Å². The molecule has 1 aliphatic rings. The number of aromatic nitrogens is 1. The summed E-state index contributed by atoms with van der Waals surface area (Å²) in [4.78, 5) is 31.8. The topological polar surface area (TPSA) is 70.5 Å². The molecule has 4 rings (SSSR count). The first-order chi connectivity index (χ1) is 15.2. The van der Waals surface area contributed by atoms with Gasteiger partial charge in [-0.15, -0.1) is 0 Å². The van der Waals surface area contributed by atoms with E-state index in [2.05, 4.69) is 25.8 Å². The van der Waals surface area contributed by atoms with Gasteiger partial charge in [0.15, 0.2) is 0 Å². The van der Waals surface area contributed by atoms with E-state index in [1.54, 1.807) is 48.7 Å². The third-order valence-electron chi connectivity index (χ3n) is 5.55. The number of carbonyl (C=O) groups is 2. The van der Waals surface area contributed by atoms with Gasteiger partial charge in [-0.2, -0.15) is 0 Å². The third-order valence-corrected chi connectivity index (χ3v) is 5.80. The quantitative estimate of drug-likeness (QED) is 0.320. The van der Waals surface area contributed by atoms with Gasteiger partial charge in [-0.1, -0.05) is 62.7 Å². The van der Waals surface area contributed by atoms with Crippen molar-refractivity contribution in [1.82, 2.24) is 4.98 Å². The van der Waals surface area contributed by atoms with Crippen LogP contribution in [-0.4, -0.2) is 21.8 Å². The van der Waals surface area contributed by atoms with Gasteiger partial charge in [0.1, 0.15) is 11.6 Å². The SMILES string of the molecule is CC(C)(C)c1ccc(C2C(=C(O)c3ccc(Cl)cc3)C(=O)C(=O)N2c2ccccn2)cc1. The van der Waals surface area contributed by atoms with E-state index in [1.807, 2.05) is 24.3 Å². The fourth-order valence-electron chi connectivity index (χ4n) is 3.81. The summed E-state index contributed by atoms with van der Waals surface area (Å²) in [7, 11) is 0. The molecule has 2 aromatic carbocycles. The number of hydrogen-bond acceptors (Lipinski definition) is 4. The Morgan fingerprint density at radius 1 is 0.969 bits per heavy atom. The highest BCUT2D eigenvalue weighted by Crippen LogP contribution is 2.42. The van der Waals surface area contributed by atoms with Crippen molar-refractivity contribution >= 4 is 34.9 Å². The number of rotatable bonds is 3. The first-order valence-electron chi connectivity index (χ1n) is 10.3. The van der Waals surface area contributed by atoms with Gasteiger partial charge in [0.05, 0.1) is 11.6 Å². The van der Waals surface area contributed by atoms with E-state index in [9.17, 15) is 14.7 Å². The Morgan fingerprint density at radius 3 is 2.19 bits per heavy atom. The van der Waals surface area contributed by atoms with Gasteiger partial charge in [0.2, 0.25) is 0 Å². The molecule has 2 heterocycles. The van der Waals surface area contributed by atoms with Crippen LogP contribution in [0.5, 0.6) is 0 Å². The van der Waals surface area contributed by atoms with Crippen molar-refractivity contribution in [2.75, 3.05) is 4.90 Å². The van der Waals surface area contributed by atoms with Crippen LogP contribution in [0.2, 0.25) is 5.02 Å². The number of anilines is 1. The van der Waals surface area contributed by atoms with E-state index < -0.39 is 17.7 Å². The van der Waals surface area contributed by atoms with Gasteiger partial charge in [-0.3, -0.25) is 14.5 Å². The van der Waals surface area contributed by atoms with Crippen LogP contribution in [0.1, 0.15) is 43.5 Å². The number of aliphatic hydroxyl groups excluding tert-OH is 1. The van der Waals surface area contributed by atoms with Crippen molar-refractivity contribution in [3.05, 3.63) is 100 Å². The fourth-order valence-corrected chi connectivity index (χ4v) is 3.94. The summed E-state index contributed by atoms with van der Waals surface area (Å²) in [6.07, 6.45) is 1.56. The van der Waals surface area contributed by atoms with Crippen molar-refractivity contribution in [2.24, 2.45) is 0 Å². The number of nitrogens with zero attached hydrogens (tertiary/aromatic N) is 2. The lowest BCUT2D eigenvalue weighted by Gasteiger charge is -2.25. The van der Waals surface area contributed by atoms with Gasteiger partial charge in [0.25, 0.3) is 5.78 Å². The molecule has 3 aromatic rings. The third kappa shape index (κ3) is 3.92. The molecule has 1 aliphatic heterocycles. The first kappa shape index (κ1) is 21.8. The predicted molar refractivity (Wildman–Crippen MR) is 126 cm³/mol. The van der Waals surface area contributed by atoms with Gasteiger partial charge in [-0.05, 0) is 52.9 Å². The van der Waals surface area contributed by atoms with Crippen molar-refractivity contribution in [1.29, 1.82) is 0 Å². The number of pyridine rings is 1. The highest BCUT2D eigenvalue weighted by Gasteiger charge is 2.47. The largest absolute Gasteiger partial charge is 0.507 e. The number of benzene rings is 2. The molecule has 162 valence electrons. The molecule has 1 fully saturated rings. The smallest absolute Gasteiger partial charge is 0.301 e. The molecule has 1 amide bonds. The summed E-state index contributed by atoms with van der Waals surface area (Å²) >= 11 is 5.97. The number of ketones is 1. The molecule has 1 atom stereocenters. The predicted octanol–water partition coefficient (Wildman–Crippen LogP) is 5.66. The van der Waals surface area contributed by atoms with Crippen LogP contribution in [-0.2, 0) is 15.0 Å². The maximum absolute atomic E-state index is 13.1. The van der Waals surface area contributed by atoms with Crippen molar-refractivity contribution < 1.29 is 14.7 Å². The maximum atomic E-state index is 13.1. The zero-order valence-corrected chi connectivity index (χ0v) is 18.8. The second-order valence-corrected chi connectivity index (χ2v) is 9.17. The number of amides is 1. The van der Waals surface area contributed by atoms with E-state index in [0.29, 0.717) is 22.0 Å². The van der Waals surface area contributed by atoms with Gasteiger partial charge < -0.3 is 5.11 Å². The minimum atomic E-state index is -0.811. The van der Waals surface area contributed by atoms with E-state index >= 15 is 0 Å². The molecule has 0 bridgehead atoms. The Hall–Kier alpha value is -3.44. The second kappa shape index (κ2) is 8.24. The Morgan fingerprint density at radius 2 is 1.62 bits per heavy atom. The molecule has 0 aliphatic carbocycles. The molecule has 1 saturated heterocycles. The number of halogens is 1. The van der Waals surface area contributed by atoms with Crippen molar-refractivity contribution in [3.8, 4) is 0 Å². The fraction of sp³-hybridized carbons (Fsp3) is 0.192. The molecule has 1 N–H and O–H groups in total. The summed E-state index contributed by atoms with van der Waals surface area (Å²) in [5.74, 6) is -1.39. The zero-order chi connectivity index (χ0) is 23.0. The lowest BCUT2D eigenvalue weighted by Crippen LogP contribution is -2.30. The molecule has 5 nitrogen and oxygen atoms in total. The number of carbonyl (C=O) groups excluding carboxylic acids is 2. The van der Waals surface area contributed by atoms with E-state index in [0.717, 1.165) is 5.56 Å². The van der Waals surface area contributed by atoms with Crippen molar-refractivity contribution in [2.45, 2.75) is 32.2 Å². The highest BCUT2D eigenvalue weighted by atomic mass is 35.5. The molecule has 0 saturated carbocycles. The average molecular weight is 447 g/mol. The lowest BCUT2D eigenvalue weighted by atomic mass is 9.85. The van der Waals surface area contributed by atoms with Crippen molar-refractivity contribution in [3.63, 3.8) is 0 Å². The Kier molecular flexibility index (Phi) is 5.61. The van der Waals surface area contributed by atoms with E-state index in [-0.39, 0.29) is 16.7 Å². The molecule has 0 spiro atoms. The standard InChI is InChI=1S/C26H23ClN2O3/c1-26(2,3)18-11-7-16(8-12-18)22-21(23(30)17-9-13-19(27)14-10-17)24(31)25(32)29(22)20-6-4-5-15-28-20/h4-15,22,30H,1-3H3. The minimum absolute atomic E-state index is 0.0199. The molecule has 6 heteroatoms. The van der Waals surface area contributed by atoms with Crippen LogP contribution in [0.4, 0.5) is 5.82 Å². The second-order valence-electron chi connectivity index (χ2n) is 8.74. The number of aliphatic hydroxyl groups is 1. The van der Waals surface area contributed by atoms with Crippen LogP contribution < -0.4 is 4.90 Å². The van der Waals surface area contributed by atoms with Gasteiger partial charge >= 0.3 is 5.91 Å². The molecule has 32 heavy (non-hydrogen) atoms. The Bertz CT molecular complexity index is 1190. The van der Waals surface area contributed by atoms with Crippen LogP contribution in [0.3, 0.4) is 0 Å². The molecule has 1 unspecified atom stereocenters. The van der Waals surface area contributed by atoms with Crippen LogP contribution in [0.25, 0.3) is 5.76 Å². The summed E-state index contributed by atoms with van der Waals surface area (Å²) < 4.78 is 0. The summed E-state index contributed by atoms with van der Waals surface area (Å²) in [6, 6.07) is 18.6. The van der Waals surface area contributed by atoms with Gasteiger partial charge in [-0.25, -0.2) is 4.98 Å². The Labute approximate surface area is 192 Å². The average Bonchev–Trinajstić information content (AvgIpc) is 3.04. The van der Waals surface area contributed by atoms with Crippen LogP contribution >= 0.6 is 11.6 Å². The van der Waals surface area contributed by atoms with E-state index in [4.69, 9.17) is 11.6 Å². The zero-order valence-electron chi connectivity index (χ0n) is 18.0. The minimum Gasteiger partial charge on any atom is -0.507 e.